The number of carboxylic acids is 1. The van der Waals surface area contributed by atoms with Gasteiger partial charge in [-0.25, -0.2) is 22.6 Å². The number of hydrogen-bond donors (Lipinski definition) is 2. The van der Waals surface area contributed by atoms with Gasteiger partial charge < -0.3 is 19.5 Å². The number of nitrogens with one attached hydrogen (secondary N) is 1. The largest absolute Gasteiger partial charge is 0.479 e. The van der Waals surface area contributed by atoms with Gasteiger partial charge in [0.15, 0.2) is 11.9 Å². The number of ether oxygens (including phenoxy) is 2. The zero-order valence-corrected chi connectivity index (χ0v) is 24.8. The third kappa shape index (κ3) is 6.88. The topological polar surface area (TPSA) is 122 Å². The molecule has 0 radical (unpaired) electrons. The number of carbonyl (C=O) groups is 1. The molecule has 0 unspecified atom stereocenters. The molecule has 12 heteroatoms. The molecule has 0 aliphatic carbocycles. The van der Waals surface area contributed by atoms with Crippen LogP contribution >= 0.6 is 0 Å². The molecule has 3 heterocycles. The van der Waals surface area contributed by atoms with Crippen molar-refractivity contribution >= 4 is 33.3 Å². The van der Waals surface area contributed by atoms with Crippen LogP contribution in [0.1, 0.15) is 57.8 Å². The molecule has 1 fully saturated rings. The Morgan fingerprint density at radius 2 is 1.90 bits per heavy atom. The van der Waals surface area contributed by atoms with Gasteiger partial charge in [-0.3, -0.25) is 9.12 Å². The first-order chi connectivity index (χ1) is 19.1. The number of piperidine rings is 1. The van der Waals surface area contributed by atoms with E-state index < -0.39 is 33.5 Å². The van der Waals surface area contributed by atoms with Crippen LogP contribution in [0, 0.1) is 12.7 Å². The van der Waals surface area contributed by atoms with Crippen molar-refractivity contribution in [3.05, 3.63) is 66.1 Å². The van der Waals surface area contributed by atoms with Crippen molar-refractivity contribution < 1.29 is 32.2 Å². The predicted molar refractivity (Wildman–Crippen MR) is 154 cm³/mol. The Labute approximate surface area is 239 Å². The number of pyridine rings is 1. The van der Waals surface area contributed by atoms with Gasteiger partial charge in [0, 0.05) is 18.7 Å². The molecule has 4 rings (SSSR count). The third-order valence-corrected chi connectivity index (χ3v) is 8.33. The van der Waals surface area contributed by atoms with E-state index in [1.54, 1.807) is 44.2 Å². The summed E-state index contributed by atoms with van der Waals surface area (Å²) in [6.07, 6.45) is 3.29. The van der Waals surface area contributed by atoms with E-state index in [1.807, 2.05) is 6.92 Å². The molecule has 1 aliphatic heterocycles. The van der Waals surface area contributed by atoms with Crippen LogP contribution < -0.4 is 9.62 Å². The molecule has 222 valence electrons. The average Bonchev–Trinajstić information content (AvgIpc) is 3.26. The molecule has 10 nitrogen and oxygen atoms in total. The Morgan fingerprint density at radius 1 is 1.27 bits per heavy atom. The number of nitrogens with zero attached hydrogens (tertiary/aromatic N) is 3. The smallest absolute Gasteiger partial charge is 0.337 e. The van der Waals surface area contributed by atoms with Crippen molar-refractivity contribution in [3.63, 3.8) is 0 Å². The van der Waals surface area contributed by atoms with Gasteiger partial charge in [0.2, 0.25) is 0 Å². The minimum atomic E-state index is -4.06. The summed E-state index contributed by atoms with van der Waals surface area (Å²) in [5.41, 5.74) is 0.396. The van der Waals surface area contributed by atoms with Gasteiger partial charge >= 0.3 is 5.97 Å². The predicted octanol–water partition coefficient (Wildman–Crippen LogP) is 5.08. The van der Waals surface area contributed by atoms with E-state index in [2.05, 4.69) is 21.2 Å². The van der Waals surface area contributed by atoms with Crippen LogP contribution in [0.5, 0.6) is 0 Å². The van der Waals surface area contributed by atoms with Gasteiger partial charge in [0.25, 0.3) is 10.0 Å². The second-order valence-corrected chi connectivity index (χ2v) is 13.1. The number of anilines is 2. The van der Waals surface area contributed by atoms with Gasteiger partial charge in [-0.05, 0) is 83.4 Å². The van der Waals surface area contributed by atoms with Crippen LogP contribution in [-0.4, -0.2) is 59.8 Å². The van der Waals surface area contributed by atoms with E-state index in [4.69, 9.17) is 9.47 Å². The van der Waals surface area contributed by atoms with Crippen LogP contribution in [0.4, 0.5) is 16.0 Å². The van der Waals surface area contributed by atoms with Gasteiger partial charge in [-0.15, -0.1) is 6.58 Å². The average molecular weight is 589 g/mol. The lowest BCUT2D eigenvalue weighted by Crippen LogP contribution is -2.45. The number of aryl methyl sites for hydroxylation is 1. The summed E-state index contributed by atoms with van der Waals surface area (Å²) in [5, 5.41) is 10.3. The lowest BCUT2D eigenvalue weighted by atomic mass is 9.92. The summed E-state index contributed by atoms with van der Waals surface area (Å²) in [6, 6.07) is 6.17. The molecule has 0 saturated carbocycles. The first-order valence-electron chi connectivity index (χ1n) is 13.3. The highest BCUT2D eigenvalue weighted by Gasteiger charge is 2.37. The number of carboxylic acid groups (broad SMARTS) is 1. The first kappa shape index (κ1) is 30.5. The summed E-state index contributed by atoms with van der Waals surface area (Å²) in [6.45, 7) is 14.5. The van der Waals surface area contributed by atoms with Crippen molar-refractivity contribution in [2.24, 2.45) is 0 Å². The lowest BCUT2D eigenvalue weighted by Gasteiger charge is -2.41. The highest BCUT2D eigenvalue weighted by molar-refractivity contribution is 7.92. The molecule has 41 heavy (non-hydrogen) atoms. The molecule has 0 bridgehead atoms. The van der Waals surface area contributed by atoms with Crippen LogP contribution in [0.25, 0.3) is 5.65 Å². The maximum absolute atomic E-state index is 13.4. The summed E-state index contributed by atoms with van der Waals surface area (Å²) in [5.74, 6) is -1.10. The molecule has 1 aromatic carbocycles. The highest BCUT2D eigenvalue weighted by Crippen LogP contribution is 2.39. The number of halogens is 1. The number of sulfonamides is 1. The zero-order valence-electron chi connectivity index (χ0n) is 24.0. The van der Waals surface area contributed by atoms with Crippen molar-refractivity contribution in [3.8, 4) is 0 Å². The van der Waals surface area contributed by atoms with E-state index in [0.717, 1.165) is 12.1 Å². The summed E-state index contributed by atoms with van der Waals surface area (Å²) in [4.78, 5) is 19.0. The molecule has 1 aliphatic rings. The SMILES string of the molecule is C=CCOC1(C)CCN(c2c([C@H](OC(C)(C)C)C(=O)O)c(C)cc3nc(NS(=O)(=O)c4ccc(F)cc4)cn23)CC1. The number of imidazole rings is 1. The summed E-state index contributed by atoms with van der Waals surface area (Å²) in [7, 11) is -4.06. The van der Waals surface area contributed by atoms with Gasteiger partial charge in [0.1, 0.15) is 17.3 Å². The molecule has 1 saturated heterocycles. The molecule has 3 aromatic rings. The highest BCUT2D eigenvalue weighted by atomic mass is 32.2. The number of aliphatic carboxylic acids is 1. The molecule has 2 N–H and O–H groups in total. The Balaban J connectivity index is 1.82. The number of fused-ring (bicyclic) bond motifs is 1. The van der Waals surface area contributed by atoms with Crippen molar-refractivity contribution in [1.82, 2.24) is 9.38 Å². The Bertz CT molecular complexity index is 1540. The molecule has 1 atom stereocenters. The Kier molecular flexibility index (Phi) is 8.49. The minimum absolute atomic E-state index is 0.0342. The van der Waals surface area contributed by atoms with E-state index in [0.29, 0.717) is 55.1 Å². The number of rotatable bonds is 10. The maximum atomic E-state index is 13.4. The normalized spacial score (nSPS) is 16.5. The minimum Gasteiger partial charge on any atom is -0.479 e. The zero-order chi connectivity index (χ0) is 30.2. The third-order valence-electron chi connectivity index (χ3n) is 6.96. The van der Waals surface area contributed by atoms with E-state index in [-0.39, 0.29) is 16.3 Å². The van der Waals surface area contributed by atoms with Crippen LogP contribution in [0.15, 0.2) is 54.1 Å². The van der Waals surface area contributed by atoms with Crippen molar-refractivity contribution in [2.45, 2.75) is 69.7 Å². The molecule has 0 amide bonds. The van der Waals surface area contributed by atoms with Gasteiger partial charge in [0.05, 0.1) is 28.9 Å². The van der Waals surface area contributed by atoms with Crippen molar-refractivity contribution in [2.75, 3.05) is 29.3 Å². The monoisotopic (exact) mass is 588 g/mol. The van der Waals surface area contributed by atoms with Crippen molar-refractivity contribution in [1.29, 1.82) is 0 Å². The van der Waals surface area contributed by atoms with Gasteiger partial charge in [-0.1, -0.05) is 6.08 Å². The van der Waals surface area contributed by atoms with Crippen LogP contribution in [0.2, 0.25) is 0 Å². The second-order valence-electron chi connectivity index (χ2n) is 11.5. The standard InChI is InChI=1S/C29H37FN4O6S/c1-7-16-39-29(6)12-14-33(15-13-29)26-24(25(27(35)36)40-28(3,4)5)19(2)17-23-31-22(18-34(23)26)32-41(37,38)21-10-8-20(30)9-11-21/h7-11,17-18,25,32H,1,12-16H2,2-6H3,(H,35,36)/t25-/m0/s1. The second kappa shape index (κ2) is 11.4. The van der Waals surface area contributed by atoms with E-state index in [1.165, 1.54) is 18.3 Å². The molecule has 0 spiro atoms. The number of hydrogen-bond acceptors (Lipinski definition) is 7. The Hall–Kier alpha value is -3.48. The quantitative estimate of drug-likeness (QED) is 0.314. The van der Waals surface area contributed by atoms with E-state index in [9.17, 15) is 22.7 Å². The van der Waals surface area contributed by atoms with Crippen LogP contribution in [-0.2, 0) is 24.3 Å². The maximum Gasteiger partial charge on any atom is 0.337 e. The number of benzene rings is 1. The molecular weight excluding hydrogens is 551 g/mol. The Morgan fingerprint density at radius 3 is 2.46 bits per heavy atom. The summed E-state index contributed by atoms with van der Waals surface area (Å²) >= 11 is 0. The fourth-order valence-corrected chi connectivity index (χ4v) is 5.92. The van der Waals surface area contributed by atoms with E-state index >= 15 is 0 Å². The lowest BCUT2D eigenvalue weighted by molar-refractivity contribution is -0.160. The molecular formula is C29H37FN4O6S. The fraction of sp³-hybridized carbons (Fsp3) is 0.448. The first-order valence-corrected chi connectivity index (χ1v) is 14.8. The summed E-state index contributed by atoms with van der Waals surface area (Å²) < 4.78 is 55.6. The van der Waals surface area contributed by atoms with Crippen LogP contribution in [0.3, 0.4) is 0 Å². The number of aromatic nitrogens is 2. The van der Waals surface area contributed by atoms with Gasteiger partial charge in [-0.2, -0.15) is 0 Å². The molecule has 2 aromatic heterocycles. The fourth-order valence-electron chi connectivity index (χ4n) is 4.93.